The minimum Gasteiger partial charge on any atom is -0.462 e. The van der Waals surface area contributed by atoms with Crippen molar-refractivity contribution in [3.8, 4) is 0 Å². The number of hydrogen-bond acceptors (Lipinski definition) is 7. The first-order valence-corrected chi connectivity index (χ1v) is 7.95. The molecule has 0 aliphatic carbocycles. The van der Waals surface area contributed by atoms with E-state index < -0.39 is 5.97 Å². The van der Waals surface area contributed by atoms with E-state index in [9.17, 15) is 4.79 Å². The Hall–Kier alpha value is -2.48. The Morgan fingerprint density at radius 3 is 3.00 bits per heavy atom. The van der Waals surface area contributed by atoms with E-state index in [1.165, 1.54) is 6.20 Å². The van der Waals surface area contributed by atoms with E-state index in [-0.39, 0.29) is 6.04 Å². The zero-order chi connectivity index (χ0) is 17.1. The van der Waals surface area contributed by atoms with Crippen LogP contribution in [0.3, 0.4) is 0 Å². The van der Waals surface area contributed by atoms with Gasteiger partial charge in [-0.05, 0) is 19.9 Å². The number of nitrogens with zero attached hydrogens (tertiary/aromatic N) is 5. The molecule has 0 unspecified atom stereocenters. The van der Waals surface area contributed by atoms with Crippen molar-refractivity contribution in [2.45, 2.75) is 19.9 Å². The van der Waals surface area contributed by atoms with Gasteiger partial charge in [0.05, 0.1) is 42.8 Å². The van der Waals surface area contributed by atoms with E-state index in [0.717, 1.165) is 5.69 Å². The van der Waals surface area contributed by atoms with Crippen LogP contribution in [-0.4, -0.2) is 52.1 Å². The highest BCUT2D eigenvalue weighted by Crippen LogP contribution is 2.27. The number of esters is 1. The fraction of sp³-hybridized carbons (Fsp3) is 0.500. The lowest BCUT2D eigenvalue weighted by Crippen LogP contribution is -2.41. The van der Waals surface area contributed by atoms with Crippen LogP contribution >= 0.6 is 0 Å². The van der Waals surface area contributed by atoms with Crippen molar-refractivity contribution in [1.82, 2.24) is 19.7 Å². The molecule has 0 spiro atoms. The van der Waals surface area contributed by atoms with Crippen LogP contribution in [0.4, 0.5) is 5.95 Å². The van der Waals surface area contributed by atoms with Crippen molar-refractivity contribution in [1.29, 1.82) is 0 Å². The smallest absolute Gasteiger partial charge is 0.341 e. The number of ether oxygens (including phenoxy) is 2. The topological polar surface area (TPSA) is 82.4 Å². The van der Waals surface area contributed by atoms with Crippen LogP contribution in [0.5, 0.6) is 0 Å². The molecule has 1 atom stereocenters. The van der Waals surface area contributed by atoms with Gasteiger partial charge in [-0.3, -0.25) is 4.68 Å². The van der Waals surface area contributed by atoms with Gasteiger partial charge in [-0.25, -0.2) is 14.8 Å². The third-order valence-corrected chi connectivity index (χ3v) is 4.05. The molecular weight excluding hydrogens is 310 g/mol. The quantitative estimate of drug-likeness (QED) is 0.780. The molecule has 1 fully saturated rings. The van der Waals surface area contributed by atoms with Crippen LogP contribution in [0, 0.1) is 6.92 Å². The van der Waals surface area contributed by atoms with Gasteiger partial charge in [0.1, 0.15) is 0 Å². The summed E-state index contributed by atoms with van der Waals surface area (Å²) in [5.41, 5.74) is 2.03. The first-order valence-electron chi connectivity index (χ1n) is 7.95. The molecule has 8 heteroatoms. The molecule has 3 heterocycles. The summed E-state index contributed by atoms with van der Waals surface area (Å²) in [5.74, 6) is 0.182. The number of aryl methyl sites for hydroxylation is 2. The van der Waals surface area contributed by atoms with Gasteiger partial charge in [0.2, 0.25) is 5.95 Å². The van der Waals surface area contributed by atoms with Crippen LogP contribution in [0.25, 0.3) is 0 Å². The SMILES string of the molecule is CCOC(=O)c1cnc(N2CCOC[C@H]2c2ccnn2C)nc1C. The minimum absolute atomic E-state index is 0.0147. The molecule has 8 nitrogen and oxygen atoms in total. The molecule has 0 amide bonds. The normalized spacial score (nSPS) is 17.8. The van der Waals surface area contributed by atoms with Gasteiger partial charge in [-0.2, -0.15) is 5.10 Å². The van der Waals surface area contributed by atoms with Crippen molar-refractivity contribution in [2.24, 2.45) is 7.05 Å². The molecule has 0 aromatic carbocycles. The summed E-state index contributed by atoms with van der Waals surface area (Å²) in [5, 5.41) is 4.23. The number of hydrogen-bond donors (Lipinski definition) is 0. The van der Waals surface area contributed by atoms with Crippen LogP contribution in [0.2, 0.25) is 0 Å². The highest BCUT2D eigenvalue weighted by molar-refractivity contribution is 5.90. The Kier molecular flexibility index (Phi) is 4.75. The Labute approximate surface area is 140 Å². The average Bonchev–Trinajstić information content (AvgIpc) is 3.01. The number of anilines is 1. The molecule has 0 N–H and O–H groups in total. The molecule has 1 aliphatic rings. The molecule has 3 rings (SSSR count). The van der Waals surface area contributed by atoms with Gasteiger partial charge in [0, 0.05) is 26.0 Å². The molecule has 24 heavy (non-hydrogen) atoms. The summed E-state index contributed by atoms with van der Waals surface area (Å²) in [6, 6.07) is 1.95. The Balaban J connectivity index is 1.90. The first kappa shape index (κ1) is 16.4. The highest BCUT2D eigenvalue weighted by atomic mass is 16.5. The van der Waals surface area contributed by atoms with E-state index >= 15 is 0 Å². The summed E-state index contributed by atoms with van der Waals surface area (Å²) < 4.78 is 12.5. The fourth-order valence-corrected chi connectivity index (χ4v) is 2.80. The van der Waals surface area contributed by atoms with Crippen molar-refractivity contribution < 1.29 is 14.3 Å². The van der Waals surface area contributed by atoms with Gasteiger partial charge in [0.25, 0.3) is 0 Å². The van der Waals surface area contributed by atoms with Gasteiger partial charge < -0.3 is 14.4 Å². The van der Waals surface area contributed by atoms with Crippen molar-refractivity contribution >= 4 is 11.9 Å². The lowest BCUT2D eigenvalue weighted by Gasteiger charge is -2.35. The largest absolute Gasteiger partial charge is 0.462 e. The maximum Gasteiger partial charge on any atom is 0.341 e. The molecule has 1 saturated heterocycles. The van der Waals surface area contributed by atoms with Crippen molar-refractivity contribution in [2.75, 3.05) is 31.3 Å². The number of carbonyl (C=O) groups is 1. The van der Waals surface area contributed by atoms with Crippen molar-refractivity contribution in [3.63, 3.8) is 0 Å². The molecule has 1 aliphatic heterocycles. The van der Waals surface area contributed by atoms with E-state index in [2.05, 4.69) is 20.0 Å². The van der Waals surface area contributed by atoms with Crippen LogP contribution in [0.1, 0.15) is 34.7 Å². The molecule has 2 aromatic rings. The Morgan fingerprint density at radius 1 is 1.50 bits per heavy atom. The molecule has 0 radical (unpaired) electrons. The third kappa shape index (κ3) is 3.09. The molecule has 128 valence electrons. The standard InChI is InChI=1S/C16H21N5O3/c1-4-24-15(22)12-9-17-16(19-11(12)2)21-7-8-23-10-14(21)13-5-6-18-20(13)3/h5-6,9,14H,4,7-8,10H2,1-3H3/t14-/m0/s1. The second-order valence-electron chi connectivity index (χ2n) is 5.55. The average molecular weight is 331 g/mol. The van der Waals surface area contributed by atoms with Crippen LogP contribution in [0.15, 0.2) is 18.5 Å². The third-order valence-electron chi connectivity index (χ3n) is 4.05. The maximum absolute atomic E-state index is 11.9. The van der Waals surface area contributed by atoms with Crippen molar-refractivity contribution in [3.05, 3.63) is 35.4 Å². The summed E-state index contributed by atoms with van der Waals surface area (Å²) in [6.45, 7) is 5.71. The second-order valence-corrected chi connectivity index (χ2v) is 5.55. The lowest BCUT2D eigenvalue weighted by atomic mass is 10.1. The number of aromatic nitrogens is 4. The van der Waals surface area contributed by atoms with Gasteiger partial charge in [0.15, 0.2) is 0 Å². The van der Waals surface area contributed by atoms with Gasteiger partial charge in [-0.1, -0.05) is 0 Å². The van der Waals surface area contributed by atoms with Gasteiger partial charge >= 0.3 is 5.97 Å². The van der Waals surface area contributed by atoms with Gasteiger partial charge in [-0.15, -0.1) is 0 Å². The number of rotatable bonds is 4. The summed E-state index contributed by atoms with van der Waals surface area (Å²) in [7, 11) is 1.90. The van der Waals surface area contributed by atoms with E-state index in [0.29, 0.717) is 43.6 Å². The predicted molar refractivity (Wildman–Crippen MR) is 86.8 cm³/mol. The highest BCUT2D eigenvalue weighted by Gasteiger charge is 2.29. The number of carbonyl (C=O) groups excluding carboxylic acids is 1. The van der Waals surface area contributed by atoms with Crippen LogP contribution in [-0.2, 0) is 16.5 Å². The predicted octanol–water partition coefficient (Wildman–Crippen LogP) is 1.27. The second kappa shape index (κ2) is 6.96. The Morgan fingerprint density at radius 2 is 2.33 bits per heavy atom. The Bertz CT molecular complexity index is 730. The lowest BCUT2D eigenvalue weighted by molar-refractivity contribution is 0.0524. The summed E-state index contributed by atoms with van der Waals surface area (Å²) in [6.07, 6.45) is 3.30. The molecule has 0 bridgehead atoms. The first-order chi connectivity index (χ1) is 11.6. The monoisotopic (exact) mass is 331 g/mol. The molecular formula is C16H21N5O3. The van der Waals surface area contributed by atoms with Crippen LogP contribution < -0.4 is 4.90 Å². The van der Waals surface area contributed by atoms with E-state index in [1.54, 1.807) is 20.0 Å². The summed E-state index contributed by atoms with van der Waals surface area (Å²) in [4.78, 5) is 22.9. The molecule has 2 aromatic heterocycles. The molecule has 0 saturated carbocycles. The minimum atomic E-state index is -0.397. The summed E-state index contributed by atoms with van der Waals surface area (Å²) >= 11 is 0. The van der Waals surface area contributed by atoms with E-state index in [1.807, 2.05) is 17.8 Å². The fourth-order valence-electron chi connectivity index (χ4n) is 2.80. The maximum atomic E-state index is 11.9. The zero-order valence-electron chi connectivity index (χ0n) is 14.1. The number of morpholine rings is 1. The zero-order valence-corrected chi connectivity index (χ0v) is 14.1. The van der Waals surface area contributed by atoms with E-state index in [4.69, 9.17) is 9.47 Å².